The fourth-order valence-corrected chi connectivity index (χ4v) is 3.57. The van der Waals surface area contributed by atoms with Gasteiger partial charge in [0.15, 0.2) is 0 Å². The summed E-state index contributed by atoms with van der Waals surface area (Å²) >= 11 is 3.46. The van der Waals surface area contributed by atoms with Crippen molar-refractivity contribution in [1.29, 1.82) is 0 Å². The van der Waals surface area contributed by atoms with Crippen molar-refractivity contribution in [1.82, 2.24) is 0 Å². The molecule has 1 N–H and O–H groups in total. The number of benzene rings is 1. The average molecular weight is 306 g/mol. The Morgan fingerprint density at radius 3 is 2.78 bits per heavy atom. The number of rotatable bonds is 2. The molecule has 0 unspecified atom stereocenters. The van der Waals surface area contributed by atoms with Gasteiger partial charge in [-0.25, -0.2) is 0 Å². The predicted molar refractivity (Wildman–Crippen MR) is 76.2 cm³/mol. The quantitative estimate of drug-likeness (QED) is 0.822. The maximum absolute atomic E-state index is 12.5. The van der Waals surface area contributed by atoms with Crippen LogP contribution in [0.4, 0.5) is 5.69 Å². The van der Waals surface area contributed by atoms with E-state index in [0.717, 1.165) is 23.0 Å². The number of anilines is 1. The number of fused-ring (bicyclic) bond motifs is 2. The number of halogens is 1. The summed E-state index contributed by atoms with van der Waals surface area (Å²) in [5.41, 5.74) is 0.616. The number of carbonyl (C=O) groups is 1. The standard InChI is InChI=1S/C15H16BrNO/c1-15(9-10-6-7-11(15)8-10)14(18)17-13-5-3-2-4-12(13)16/h2-7,10-11H,8-9H2,1H3,(H,17,18)/t10-,11-,15-/m0/s1. The Kier molecular flexibility index (Phi) is 2.81. The van der Waals surface area contributed by atoms with E-state index in [1.807, 2.05) is 24.3 Å². The molecule has 18 heavy (non-hydrogen) atoms. The van der Waals surface area contributed by atoms with Gasteiger partial charge >= 0.3 is 0 Å². The Balaban J connectivity index is 1.80. The number of hydrogen-bond acceptors (Lipinski definition) is 1. The Morgan fingerprint density at radius 2 is 2.17 bits per heavy atom. The van der Waals surface area contributed by atoms with Crippen molar-refractivity contribution in [2.75, 3.05) is 5.32 Å². The van der Waals surface area contributed by atoms with Crippen molar-refractivity contribution >= 4 is 27.5 Å². The van der Waals surface area contributed by atoms with Crippen LogP contribution >= 0.6 is 15.9 Å². The molecule has 0 saturated heterocycles. The van der Waals surface area contributed by atoms with Crippen molar-refractivity contribution in [2.45, 2.75) is 19.8 Å². The fourth-order valence-electron chi connectivity index (χ4n) is 3.18. The SMILES string of the molecule is C[C@]1(C(=O)Nc2ccccc2Br)C[C@H]2C=C[C@H]1C2. The molecule has 2 nitrogen and oxygen atoms in total. The molecule has 0 spiro atoms. The Bertz CT molecular complexity index is 525. The van der Waals surface area contributed by atoms with Gasteiger partial charge in [0.05, 0.1) is 11.1 Å². The normalized spacial score (nSPS) is 32.8. The van der Waals surface area contributed by atoms with Crippen molar-refractivity contribution in [3.8, 4) is 0 Å². The van der Waals surface area contributed by atoms with E-state index in [1.165, 1.54) is 0 Å². The first-order valence-electron chi connectivity index (χ1n) is 6.34. The van der Waals surface area contributed by atoms with E-state index < -0.39 is 0 Å². The zero-order chi connectivity index (χ0) is 12.8. The molecule has 3 heteroatoms. The number of amides is 1. The molecule has 1 amide bonds. The molecule has 3 rings (SSSR count). The van der Waals surface area contributed by atoms with E-state index >= 15 is 0 Å². The average Bonchev–Trinajstić information content (AvgIpc) is 2.92. The van der Waals surface area contributed by atoms with Gasteiger partial charge in [0.25, 0.3) is 0 Å². The first kappa shape index (κ1) is 12.0. The molecule has 1 saturated carbocycles. The summed E-state index contributed by atoms with van der Waals surface area (Å²) in [6.07, 6.45) is 6.59. The molecule has 0 radical (unpaired) electrons. The third-order valence-corrected chi connectivity index (χ3v) is 5.01. The molecule has 2 aliphatic rings. The van der Waals surface area contributed by atoms with Crippen LogP contribution in [0.25, 0.3) is 0 Å². The smallest absolute Gasteiger partial charge is 0.230 e. The van der Waals surface area contributed by atoms with Gasteiger partial charge in [-0.15, -0.1) is 0 Å². The van der Waals surface area contributed by atoms with Gasteiger partial charge in [0.2, 0.25) is 5.91 Å². The van der Waals surface area contributed by atoms with E-state index in [2.05, 4.69) is 40.3 Å². The number of nitrogens with one attached hydrogen (secondary N) is 1. The minimum absolute atomic E-state index is 0.145. The molecule has 0 heterocycles. The van der Waals surface area contributed by atoms with Crippen molar-refractivity contribution in [3.63, 3.8) is 0 Å². The van der Waals surface area contributed by atoms with Gasteiger partial charge in [-0.05, 0) is 52.7 Å². The number of para-hydroxylation sites is 1. The lowest BCUT2D eigenvalue weighted by molar-refractivity contribution is -0.126. The third-order valence-electron chi connectivity index (χ3n) is 4.32. The second kappa shape index (κ2) is 4.23. The van der Waals surface area contributed by atoms with E-state index in [-0.39, 0.29) is 11.3 Å². The summed E-state index contributed by atoms with van der Waals surface area (Å²) in [5.74, 6) is 1.15. The highest BCUT2D eigenvalue weighted by Gasteiger charge is 2.49. The number of hydrogen-bond donors (Lipinski definition) is 1. The van der Waals surface area contributed by atoms with Crippen molar-refractivity contribution < 1.29 is 4.79 Å². The Labute approximate surface area is 116 Å². The van der Waals surface area contributed by atoms with Gasteiger partial charge in [0.1, 0.15) is 0 Å². The lowest BCUT2D eigenvalue weighted by Crippen LogP contribution is -2.37. The van der Waals surface area contributed by atoms with Gasteiger partial charge in [-0.3, -0.25) is 4.79 Å². The largest absolute Gasteiger partial charge is 0.325 e. The Hall–Kier alpha value is -1.09. The van der Waals surface area contributed by atoms with Crippen LogP contribution in [0.3, 0.4) is 0 Å². The van der Waals surface area contributed by atoms with Gasteiger partial charge < -0.3 is 5.32 Å². The van der Waals surface area contributed by atoms with Gasteiger partial charge in [-0.1, -0.05) is 31.2 Å². The first-order chi connectivity index (χ1) is 8.59. The van der Waals surface area contributed by atoms with Crippen LogP contribution in [0, 0.1) is 17.3 Å². The molecule has 2 bridgehead atoms. The zero-order valence-corrected chi connectivity index (χ0v) is 11.9. The number of allylic oxidation sites excluding steroid dienone is 2. The molecule has 0 aliphatic heterocycles. The Morgan fingerprint density at radius 1 is 1.39 bits per heavy atom. The molecule has 1 aromatic rings. The summed E-state index contributed by atoms with van der Waals surface area (Å²) in [4.78, 5) is 12.5. The van der Waals surface area contributed by atoms with E-state index in [9.17, 15) is 4.79 Å². The van der Waals surface area contributed by atoms with Crippen LogP contribution in [0.2, 0.25) is 0 Å². The van der Waals surface area contributed by atoms with Crippen molar-refractivity contribution in [2.24, 2.45) is 17.3 Å². The summed E-state index contributed by atoms with van der Waals surface area (Å²) < 4.78 is 0.931. The first-order valence-corrected chi connectivity index (χ1v) is 7.13. The monoisotopic (exact) mass is 305 g/mol. The third kappa shape index (κ3) is 1.81. The fraction of sp³-hybridized carbons (Fsp3) is 0.400. The lowest BCUT2D eigenvalue weighted by Gasteiger charge is -2.30. The summed E-state index contributed by atoms with van der Waals surface area (Å²) in [7, 11) is 0. The van der Waals surface area contributed by atoms with Crippen LogP contribution in [-0.4, -0.2) is 5.91 Å². The molecule has 1 fully saturated rings. The molecule has 0 aromatic heterocycles. The van der Waals surface area contributed by atoms with Crippen molar-refractivity contribution in [3.05, 3.63) is 40.9 Å². The summed E-state index contributed by atoms with van der Waals surface area (Å²) in [6.45, 7) is 2.09. The molecule has 1 aromatic carbocycles. The maximum atomic E-state index is 12.5. The maximum Gasteiger partial charge on any atom is 0.230 e. The van der Waals surface area contributed by atoms with Crippen LogP contribution in [0.15, 0.2) is 40.9 Å². The minimum atomic E-state index is -0.241. The zero-order valence-electron chi connectivity index (χ0n) is 10.3. The second-order valence-electron chi connectivity index (χ2n) is 5.54. The van der Waals surface area contributed by atoms with Crippen LogP contribution < -0.4 is 5.32 Å². The predicted octanol–water partition coefficient (Wildman–Crippen LogP) is 3.99. The van der Waals surface area contributed by atoms with Crippen LogP contribution in [-0.2, 0) is 4.79 Å². The lowest BCUT2D eigenvalue weighted by atomic mass is 9.77. The molecule has 2 aliphatic carbocycles. The summed E-state index contributed by atoms with van der Waals surface area (Å²) in [5, 5.41) is 3.06. The molecule has 3 atom stereocenters. The topological polar surface area (TPSA) is 29.1 Å². The minimum Gasteiger partial charge on any atom is -0.325 e. The highest BCUT2D eigenvalue weighted by Crippen LogP contribution is 2.52. The van der Waals surface area contributed by atoms with E-state index in [1.54, 1.807) is 0 Å². The number of carbonyl (C=O) groups excluding carboxylic acids is 1. The van der Waals surface area contributed by atoms with E-state index in [0.29, 0.717) is 11.8 Å². The second-order valence-corrected chi connectivity index (χ2v) is 6.40. The van der Waals surface area contributed by atoms with Crippen LogP contribution in [0.1, 0.15) is 19.8 Å². The van der Waals surface area contributed by atoms with Gasteiger partial charge in [0, 0.05) is 4.47 Å². The highest BCUT2D eigenvalue weighted by molar-refractivity contribution is 9.10. The van der Waals surface area contributed by atoms with Crippen LogP contribution in [0.5, 0.6) is 0 Å². The molecular formula is C15H16BrNO. The van der Waals surface area contributed by atoms with E-state index in [4.69, 9.17) is 0 Å². The molecule has 94 valence electrons. The van der Waals surface area contributed by atoms with Gasteiger partial charge in [-0.2, -0.15) is 0 Å². The highest BCUT2D eigenvalue weighted by atomic mass is 79.9. The molecular weight excluding hydrogens is 290 g/mol. The summed E-state index contributed by atoms with van der Waals surface area (Å²) in [6, 6.07) is 7.75.